The molecule has 0 N–H and O–H groups in total. The highest BCUT2D eigenvalue weighted by Gasteiger charge is 2.09. The summed E-state index contributed by atoms with van der Waals surface area (Å²) in [4.78, 5) is 23.1. The van der Waals surface area contributed by atoms with Crippen molar-refractivity contribution in [2.24, 2.45) is 0 Å². The van der Waals surface area contributed by atoms with Crippen LogP contribution in [-0.2, 0) is 4.79 Å². The molecule has 2 heteroatoms. The Labute approximate surface area is 117 Å². The monoisotopic (exact) mass is 260 g/mol. The van der Waals surface area contributed by atoms with Crippen LogP contribution < -0.4 is 0 Å². The number of hydrogen-bond donors (Lipinski definition) is 0. The van der Waals surface area contributed by atoms with Crippen LogP contribution in [0.4, 0.5) is 0 Å². The summed E-state index contributed by atoms with van der Waals surface area (Å²) in [5, 5.41) is 0. The second kappa shape index (κ2) is 6.86. The smallest absolute Gasteiger partial charge is 0.196 e. The van der Waals surface area contributed by atoms with Gasteiger partial charge in [0.1, 0.15) is 0 Å². The first-order chi connectivity index (χ1) is 9.81. The molecule has 0 bridgehead atoms. The van der Waals surface area contributed by atoms with Crippen LogP contribution in [0.25, 0.3) is 0 Å². The van der Waals surface area contributed by atoms with Gasteiger partial charge in [0.25, 0.3) is 0 Å². The van der Waals surface area contributed by atoms with Gasteiger partial charge in [0, 0.05) is 17.2 Å². The maximum atomic E-state index is 12.1. The molecule has 0 radical (unpaired) electrons. The first kappa shape index (κ1) is 13.5. The van der Waals surface area contributed by atoms with Gasteiger partial charge in [0.2, 0.25) is 0 Å². The zero-order chi connectivity index (χ0) is 14.2. The van der Waals surface area contributed by atoms with Crippen LogP contribution in [-0.4, -0.2) is 12.1 Å². The Balaban J connectivity index is 2.21. The molecule has 0 aliphatic heterocycles. The lowest BCUT2D eigenvalue weighted by Gasteiger charge is -1.97. The van der Waals surface area contributed by atoms with Crippen molar-refractivity contribution in [3.8, 4) is 11.8 Å². The third-order valence-electron chi connectivity index (χ3n) is 2.64. The van der Waals surface area contributed by atoms with Gasteiger partial charge >= 0.3 is 0 Å². The maximum Gasteiger partial charge on any atom is 0.196 e. The first-order valence-corrected chi connectivity index (χ1v) is 6.13. The number of carbonyl (C=O) groups is 2. The van der Waals surface area contributed by atoms with Crippen molar-refractivity contribution in [3.05, 3.63) is 83.4 Å². The second-order valence-electron chi connectivity index (χ2n) is 4.05. The molecule has 2 aromatic carbocycles. The van der Waals surface area contributed by atoms with Gasteiger partial charge in [0.05, 0.1) is 5.57 Å². The minimum absolute atomic E-state index is 0.0552. The lowest BCUT2D eigenvalue weighted by atomic mass is 10.0. The predicted molar refractivity (Wildman–Crippen MR) is 78.2 cm³/mol. The Morgan fingerprint density at radius 3 is 2.10 bits per heavy atom. The van der Waals surface area contributed by atoms with Crippen molar-refractivity contribution >= 4 is 12.1 Å². The van der Waals surface area contributed by atoms with Crippen LogP contribution >= 0.6 is 0 Å². The van der Waals surface area contributed by atoms with E-state index in [9.17, 15) is 9.59 Å². The van der Waals surface area contributed by atoms with E-state index in [1.165, 1.54) is 6.08 Å². The van der Waals surface area contributed by atoms with Crippen LogP contribution in [0.5, 0.6) is 0 Å². The zero-order valence-electron chi connectivity index (χ0n) is 10.7. The number of ketones is 1. The Morgan fingerprint density at radius 1 is 0.900 bits per heavy atom. The van der Waals surface area contributed by atoms with Gasteiger partial charge in [-0.1, -0.05) is 60.4 Å². The molecular formula is C18H12O2. The fourth-order valence-electron chi connectivity index (χ4n) is 1.63. The third kappa shape index (κ3) is 3.54. The van der Waals surface area contributed by atoms with Crippen LogP contribution in [0.3, 0.4) is 0 Å². The molecule has 0 saturated heterocycles. The maximum absolute atomic E-state index is 12.1. The van der Waals surface area contributed by atoms with Gasteiger partial charge < -0.3 is 0 Å². The summed E-state index contributed by atoms with van der Waals surface area (Å²) in [5.74, 6) is 5.30. The number of rotatable bonds is 3. The molecule has 0 spiro atoms. The molecular weight excluding hydrogens is 248 g/mol. The molecule has 0 fully saturated rings. The largest absolute Gasteiger partial charge is 0.298 e. The minimum Gasteiger partial charge on any atom is -0.298 e. The number of aldehydes is 1. The van der Waals surface area contributed by atoms with Crippen LogP contribution in [0, 0.1) is 11.8 Å². The highest BCUT2D eigenvalue weighted by Crippen LogP contribution is 2.06. The highest BCUT2D eigenvalue weighted by molar-refractivity contribution is 6.20. The minimum atomic E-state index is -0.317. The summed E-state index contributed by atoms with van der Waals surface area (Å²) in [6, 6.07) is 18.0. The average Bonchev–Trinajstić information content (AvgIpc) is 2.53. The molecule has 0 saturated carbocycles. The first-order valence-electron chi connectivity index (χ1n) is 6.13. The van der Waals surface area contributed by atoms with E-state index in [0.717, 1.165) is 5.56 Å². The third-order valence-corrected chi connectivity index (χ3v) is 2.64. The van der Waals surface area contributed by atoms with E-state index >= 15 is 0 Å². The van der Waals surface area contributed by atoms with E-state index < -0.39 is 0 Å². The number of carbonyl (C=O) groups excluding carboxylic acids is 2. The average molecular weight is 260 g/mol. The lowest BCUT2D eigenvalue weighted by molar-refractivity contribution is -0.104. The van der Waals surface area contributed by atoms with E-state index in [-0.39, 0.29) is 11.4 Å². The summed E-state index contributed by atoms with van der Waals surface area (Å²) >= 11 is 0. The summed E-state index contributed by atoms with van der Waals surface area (Å²) < 4.78 is 0. The number of hydrogen-bond acceptors (Lipinski definition) is 2. The Bertz CT molecular complexity index is 686. The molecule has 0 aliphatic rings. The Kier molecular flexibility index (Phi) is 4.64. The van der Waals surface area contributed by atoms with Crippen molar-refractivity contribution in [3.63, 3.8) is 0 Å². The van der Waals surface area contributed by atoms with E-state index in [2.05, 4.69) is 11.8 Å². The molecule has 2 aromatic rings. The summed E-state index contributed by atoms with van der Waals surface area (Å²) in [5.41, 5.74) is 1.37. The summed E-state index contributed by atoms with van der Waals surface area (Å²) in [6.07, 6.45) is 1.89. The van der Waals surface area contributed by atoms with Crippen molar-refractivity contribution in [2.45, 2.75) is 0 Å². The van der Waals surface area contributed by atoms with Crippen LogP contribution in [0.2, 0.25) is 0 Å². The second-order valence-corrected chi connectivity index (χ2v) is 4.05. The van der Waals surface area contributed by atoms with Gasteiger partial charge in [-0.3, -0.25) is 9.59 Å². The Morgan fingerprint density at radius 2 is 1.50 bits per heavy atom. The highest BCUT2D eigenvalue weighted by atomic mass is 16.1. The lowest BCUT2D eigenvalue weighted by Crippen LogP contribution is -2.04. The standard InChI is InChI=1S/C18H12O2/c19-14-17(18(20)16-11-5-2-6-12-16)13-7-10-15-8-3-1-4-9-15/h1-6,8-9,11-14H/b17-13+. The molecule has 0 aliphatic carbocycles. The van der Waals surface area contributed by atoms with Gasteiger partial charge in [0.15, 0.2) is 12.1 Å². The fraction of sp³-hybridized carbons (Fsp3) is 0. The summed E-state index contributed by atoms with van der Waals surface area (Å²) in [6.45, 7) is 0. The molecule has 0 atom stereocenters. The van der Waals surface area contributed by atoms with E-state index in [0.29, 0.717) is 11.8 Å². The topological polar surface area (TPSA) is 34.1 Å². The molecule has 2 rings (SSSR count). The molecule has 96 valence electrons. The normalized spacial score (nSPS) is 10.3. The van der Waals surface area contributed by atoms with Crippen LogP contribution in [0.1, 0.15) is 15.9 Å². The quantitative estimate of drug-likeness (QED) is 0.212. The van der Waals surface area contributed by atoms with Gasteiger partial charge in [-0.15, -0.1) is 0 Å². The summed E-state index contributed by atoms with van der Waals surface area (Å²) in [7, 11) is 0. The van der Waals surface area contributed by atoms with Crippen LogP contribution in [0.15, 0.2) is 72.3 Å². The van der Waals surface area contributed by atoms with Crippen molar-refractivity contribution in [1.29, 1.82) is 0 Å². The number of allylic oxidation sites excluding steroid dienone is 2. The molecule has 0 heterocycles. The molecule has 0 aromatic heterocycles. The predicted octanol–water partition coefficient (Wildman–Crippen LogP) is 3.05. The van der Waals surface area contributed by atoms with E-state index in [4.69, 9.17) is 0 Å². The zero-order valence-corrected chi connectivity index (χ0v) is 10.7. The van der Waals surface area contributed by atoms with Crippen molar-refractivity contribution in [2.75, 3.05) is 0 Å². The van der Waals surface area contributed by atoms with Gasteiger partial charge in [-0.2, -0.15) is 0 Å². The molecule has 2 nitrogen and oxygen atoms in total. The SMILES string of the molecule is O=C/C(=C\C#Cc1ccccc1)C(=O)c1ccccc1. The molecule has 0 unspecified atom stereocenters. The van der Waals surface area contributed by atoms with E-state index in [1.807, 2.05) is 36.4 Å². The number of Topliss-reactive ketones (excluding diaryl/α,β-unsaturated/α-hetero) is 1. The molecule has 20 heavy (non-hydrogen) atoms. The fourth-order valence-corrected chi connectivity index (χ4v) is 1.63. The Hall–Kier alpha value is -2.92. The van der Waals surface area contributed by atoms with Gasteiger partial charge in [-0.05, 0) is 12.1 Å². The number of benzene rings is 2. The molecule has 0 amide bonds. The van der Waals surface area contributed by atoms with Gasteiger partial charge in [-0.25, -0.2) is 0 Å². The van der Waals surface area contributed by atoms with Crippen molar-refractivity contribution < 1.29 is 9.59 Å². The van der Waals surface area contributed by atoms with Crippen molar-refractivity contribution in [1.82, 2.24) is 0 Å². The van der Waals surface area contributed by atoms with E-state index in [1.54, 1.807) is 24.3 Å².